The number of hydrogen-bond donors (Lipinski definition) is 1. The molecule has 3 aromatic rings. The molecule has 2 aromatic carbocycles. The minimum Gasteiger partial charge on any atom is -0.344 e. The summed E-state index contributed by atoms with van der Waals surface area (Å²) in [7, 11) is 0. The smallest absolute Gasteiger partial charge is 0.225 e. The van der Waals surface area contributed by atoms with Gasteiger partial charge in [-0.3, -0.25) is 4.79 Å². The third-order valence-electron chi connectivity index (χ3n) is 4.16. The summed E-state index contributed by atoms with van der Waals surface area (Å²) in [4.78, 5) is 13.6. The van der Waals surface area contributed by atoms with Crippen molar-refractivity contribution in [3.8, 4) is 0 Å². The molecule has 0 spiro atoms. The van der Waals surface area contributed by atoms with Crippen LogP contribution in [-0.2, 0) is 17.6 Å². The minimum atomic E-state index is -0.349. The van der Waals surface area contributed by atoms with Gasteiger partial charge in [0.2, 0.25) is 5.91 Å². The van der Waals surface area contributed by atoms with Crippen LogP contribution < -0.4 is 5.32 Å². The summed E-state index contributed by atoms with van der Waals surface area (Å²) in [6.45, 7) is 2.11. The van der Waals surface area contributed by atoms with E-state index >= 15 is 0 Å². The molecule has 0 radical (unpaired) electrons. The summed E-state index contributed by atoms with van der Waals surface area (Å²) >= 11 is 1.60. The Kier molecular flexibility index (Phi) is 5.61. The highest BCUT2D eigenvalue weighted by atomic mass is 32.1. The second-order valence-corrected chi connectivity index (χ2v) is 6.86. The van der Waals surface area contributed by atoms with Crippen molar-refractivity contribution in [2.24, 2.45) is 0 Å². The lowest BCUT2D eigenvalue weighted by Crippen LogP contribution is -2.30. The van der Waals surface area contributed by atoms with Gasteiger partial charge in [-0.2, -0.15) is 0 Å². The molecular formula is C21H20FNOS. The molecule has 25 heavy (non-hydrogen) atoms. The van der Waals surface area contributed by atoms with Crippen LogP contribution in [0, 0.1) is 5.82 Å². The van der Waals surface area contributed by atoms with E-state index in [4.69, 9.17) is 0 Å². The normalized spacial score (nSPS) is 11.9. The molecule has 1 heterocycles. The first-order valence-corrected chi connectivity index (χ1v) is 9.20. The van der Waals surface area contributed by atoms with Crippen LogP contribution in [0.15, 0.2) is 66.0 Å². The van der Waals surface area contributed by atoms with E-state index in [0.29, 0.717) is 5.56 Å². The van der Waals surface area contributed by atoms with Crippen molar-refractivity contribution in [3.63, 3.8) is 0 Å². The Labute approximate surface area is 151 Å². The van der Waals surface area contributed by atoms with E-state index in [1.807, 2.05) is 29.6 Å². The van der Waals surface area contributed by atoms with Gasteiger partial charge in [-0.05, 0) is 40.6 Å². The Bertz CT molecular complexity index is 827. The number of hydrogen-bond acceptors (Lipinski definition) is 2. The topological polar surface area (TPSA) is 29.1 Å². The van der Waals surface area contributed by atoms with Crippen molar-refractivity contribution in [2.45, 2.75) is 25.8 Å². The van der Waals surface area contributed by atoms with Crippen LogP contribution in [0.1, 0.15) is 34.5 Å². The number of nitrogens with one attached hydrogen (secondary N) is 1. The average molecular weight is 353 g/mol. The van der Waals surface area contributed by atoms with E-state index in [2.05, 4.69) is 24.4 Å². The molecule has 0 saturated heterocycles. The van der Waals surface area contributed by atoms with E-state index in [1.54, 1.807) is 29.5 Å². The van der Waals surface area contributed by atoms with Crippen LogP contribution in [0.5, 0.6) is 0 Å². The summed E-state index contributed by atoms with van der Waals surface area (Å²) in [5, 5.41) is 5.05. The summed E-state index contributed by atoms with van der Waals surface area (Å²) in [5.41, 5.74) is 2.69. The van der Waals surface area contributed by atoms with Crippen molar-refractivity contribution in [3.05, 3.63) is 93.4 Å². The molecule has 0 aliphatic carbocycles. The van der Waals surface area contributed by atoms with Crippen molar-refractivity contribution in [2.75, 3.05) is 0 Å². The van der Waals surface area contributed by atoms with Gasteiger partial charge in [-0.25, -0.2) is 4.39 Å². The van der Waals surface area contributed by atoms with Gasteiger partial charge in [-0.15, -0.1) is 11.3 Å². The van der Waals surface area contributed by atoms with Gasteiger partial charge in [0.25, 0.3) is 0 Å². The molecule has 0 unspecified atom stereocenters. The van der Waals surface area contributed by atoms with Gasteiger partial charge in [0, 0.05) is 4.88 Å². The van der Waals surface area contributed by atoms with Crippen molar-refractivity contribution in [1.29, 1.82) is 0 Å². The first kappa shape index (κ1) is 17.4. The Morgan fingerprint density at radius 2 is 1.84 bits per heavy atom. The first-order chi connectivity index (χ1) is 12.2. The van der Waals surface area contributed by atoms with Crippen LogP contribution >= 0.6 is 11.3 Å². The third kappa shape index (κ3) is 4.34. The zero-order valence-electron chi connectivity index (χ0n) is 14.0. The lowest BCUT2D eigenvalue weighted by Gasteiger charge is -2.19. The van der Waals surface area contributed by atoms with E-state index in [9.17, 15) is 9.18 Å². The Morgan fingerprint density at radius 3 is 2.48 bits per heavy atom. The molecule has 3 rings (SSSR count). The maximum absolute atomic E-state index is 13.8. The molecule has 1 amide bonds. The van der Waals surface area contributed by atoms with E-state index in [1.165, 1.54) is 11.6 Å². The molecule has 0 saturated carbocycles. The van der Waals surface area contributed by atoms with Crippen molar-refractivity contribution < 1.29 is 9.18 Å². The van der Waals surface area contributed by atoms with Crippen LogP contribution in [0.2, 0.25) is 0 Å². The van der Waals surface area contributed by atoms with Gasteiger partial charge < -0.3 is 5.32 Å². The van der Waals surface area contributed by atoms with Gasteiger partial charge in [0.1, 0.15) is 5.82 Å². The number of benzene rings is 2. The van der Waals surface area contributed by atoms with Gasteiger partial charge in [0.05, 0.1) is 12.5 Å². The SMILES string of the molecule is CCc1ccc([C@H](NC(=O)Cc2ccccc2F)c2cccs2)cc1. The van der Waals surface area contributed by atoms with Crippen molar-refractivity contribution in [1.82, 2.24) is 5.32 Å². The number of halogens is 1. The molecule has 0 fully saturated rings. The van der Waals surface area contributed by atoms with Crippen LogP contribution in [0.25, 0.3) is 0 Å². The molecule has 128 valence electrons. The lowest BCUT2D eigenvalue weighted by atomic mass is 10.0. The molecule has 1 aromatic heterocycles. The Morgan fingerprint density at radius 1 is 1.08 bits per heavy atom. The Hall–Kier alpha value is -2.46. The number of rotatable bonds is 6. The predicted molar refractivity (Wildman–Crippen MR) is 100 cm³/mol. The third-order valence-corrected chi connectivity index (χ3v) is 5.10. The van der Waals surface area contributed by atoms with Crippen LogP contribution in [0.4, 0.5) is 4.39 Å². The van der Waals surface area contributed by atoms with E-state index in [-0.39, 0.29) is 24.2 Å². The van der Waals surface area contributed by atoms with Crippen molar-refractivity contribution >= 4 is 17.2 Å². The average Bonchev–Trinajstić information content (AvgIpc) is 3.16. The van der Waals surface area contributed by atoms with E-state index in [0.717, 1.165) is 16.9 Å². The van der Waals surface area contributed by atoms with Gasteiger partial charge in [0.15, 0.2) is 0 Å². The standard InChI is InChI=1S/C21H20FNOS/c1-2-15-9-11-16(12-10-15)21(19-8-5-13-25-19)23-20(24)14-17-6-3-4-7-18(17)22/h3-13,21H,2,14H2,1H3,(H,23,24)/t21-/m0/s1. The quantitative estimate of drug-likeness (QED) is 0.671. The summed E-state index contributed by atoms with van der Waals surface area (Å²) in [6, 6.07) is 18.4. The van der Waals surface area contributed by atoms with Gasteiger partial charge >= 0.3 is 0 Å². The van der Waals surface area contributed by atoms with Crippen LogP contribution in [0.3, 0.4) is 0 Å². The van der Waals surface area contributed by atoms with Gasteiger partial charge in [-0.1, -0.05) is 55.5 Å². The predicted octanol–water partition coefficient (Wildman–Crippen LogP) is 4.90. The first-order valence-electron chi connectivity index (χ1n) is 8.32. The van der Waals surface area contributed by atoms with Crippen LogP contribution in [-0.4, -0.2) is 5.91 Å². The number of amides is 1. The highest BCUT2D eigenvalue weighted by Crippen LogP contribution is 2.26. The molecule has 1 atom stereocenters. The summed E-state index contributed by atoms with van der Waals surface area (Å²) in [6.07, 6.45) is 1.01. The molecule has 1 N–H and O–H groups in total. The molecule has 0 bridgehead atoms. The lowest BCUT2D eigenvalue weighted by molar-refractivity contribution is -0.121. The molecule has 0 aliphatic rings. The fraction of sp³-hybridized carbons (Fsp3) is 0.190. The maximum atomic E-state index is 13.8. The molecule has 4 heteroatoms. The summed E-state index contributed by atoms with van der Waals surface area (Å²) in [5.74, 6) is -0.541. The largest absolute Gasteiger partial charge is 0.344 e. The van der Waals surface area contributed by atoms with E-state index < -0.39 is 0 Å². The number of carbonyl (C=O) groups is 1. The molecular weight excluding hydrogens is 333 g/mol. The molecule has 2 nitrogen and oxygen atoms in total. The fourth-order valence-electron chi connectivity index (χ4n) is 2.75. The highest BCUT2D eigenvalue weighted by Gasteiger charge is 2.18. The Balaban J connectivity index is 1.80. The second-order valence-electron chi connectivity index (χ2n) is 5.88. The minimum absolute atomic E-state index is 0.0294. The maximum Gasteiger partial charge on any atom is 0.225 e. The summed E-state index contributed by atoms with van der Waals surface area (Å²) < 4.78 is 13.8. The monoisotopic (exact) mass is 353 g/mol. The second kappa shape index (κ2) is 8.08. The fourth-order valence-corrected chi connectivity index (χ4v) is 3.55. The number of aryl methyl sites for hydroxylation is 1. The number of carbonyl (C=O) groups excluding carboxylic acids is 1. The number of thiophene rings is 1. The zero-order chi connectivity index (χ0) is 17.6. The molecule has 0 aliphatic heterocycles. The zero-order valence-corrected chi connectivity index (χ0v) is 14.9. The highest BCUT2D eigenvalue weighted by molar-refractivity contribution is 7.10.